The number of piperidine rings is 2. The van der Waals surface area contributed by atoms with Crippen molar-refractivity contribution in [3.05, 3.63) is 104 Å². The number of imide groups is 2. The smallest absolute Gasteiger partial charge is 0.294 e. The van der Waals surface area contributed by atoms with Crippen LogP contribution in [-0.2, 0) is 20.2 Å². The van der Waals surface area contributed by atoms with Gasteiger partial charge in [-0.25, -0.2) is 9.80 Å². The van der Waals surface area contributed by atoms with Gasteiger partial charge in [0.25, 0.3) is 43.9 Å². The van der Waals surface area contributed by atoms with E-state index in [1.165, 1.54) is 26.4 Å². The predicted octanol–water partition coefficient (Wildman–Crippen LogP) is 11.7. The van der Waals surface area contributed by atoms with E-state index in [1.807, 2.05) is 49.6 Å². The number of thioether (sulfide) groups is 1. The summed E-state index contributed by atoms with van der Waals surface area (Å²) in [7, 11) is -6.45. The quantitative estimate of drug-likeness (QED) is 0.0105. The van der Waals surface area contributed by atoms with Gasteiger partial charge in [0.05, 0.1) is 85.4 Å². The Morgan fingerprint density at radius 3 is 1.32 bits per heavy atom. The van der Waals surface area contributed by atoms with Gasteiger partial charge in [0.1, 0.15) is 58.0 Å². The van der Waals surface area contributed by atoms with Gasteiger partial charge in [-0.15, -0.1) is 20.5 Å². The Balaban J connectivity index is 0.964. The zero-order valence-electron chi connectivity index (χ0n) is 55.8. The third kappa shape index (κ3) is 15.4. The number of allylic oxidation sites excluding steroid dienone is 2. The summed E-state index contributed by atoms with van der Waals surface area (Å²) in [6, 6.07) is 16.8. The molecule has 2 fully saturated rings. The second kappa shape index (κ2) is 31.2. The lowest BCUT2D eigenvalue weighted by Crippen LogP contribution is -2.30. The van der Waals surface area contributed by atoms with Crippen LogP contribution in [0.2, 0.25) is 0 Å². The summed E-state index contributed by atoms with van der Waals surface area (Å²) < 4.78 is 79.4. The zero-order chi connectivity index (χ0) is 72.7. The van der Waals surface area contributed by atoms with Crippen molar-refractivity contribution in [1.29, 1.82) is 10.5 Å². The Hall–Kier alpha value is -10.4. The molecule has 0 bridgehead atoms. The number of carbonyl (C=O) groups is 4. The normalized spacial score (nSPS) is 15.2. The van der Waals surface area contributed by atoms with Crippen LogP contribution in [0, 0.1) is 22.7 Å². The third-order valence-electron chi connectivity index (χ3n) is 16.8. The average molecular weight is 1480 g/mol. The number of hydrogen-bond donors (Lipinski definition) is 5. The minimum Gasteiger partial charge on any atom is -0.494 e. The Bertz CT molecular complexity index is 4630. The van der Waals surface area contributed by atoms with E-state index in [4.69, 9.17) is 44.6 Å². The molecule has 37 heteroatoms. The number of aliphatic hydroxyl groups excluding tert-OH is 1. The Kier molecular flexibility index (Phi) is 22.3. The number of carbonyl (C=O) groups excluding carboxylic acids is 4. The van der Waals surface area contributed by atoms with E-state index in [1.54, 1.807) is 24.3 Å². The van der Waals surface area contributed by atoms with Crippen molar-refractivity contribution in [3.63, 3.8) is 0 Å². The number of fused-ring (bicyclic) bond motifs is 2. The first-order valence-corrected chi connectivity index (χ1v) is 37.6. The molecule has 3 aromatic heterocycles. The third-order valence-corrected chi connectivity index (χ3v) is 21.1. The first kappa shape index (κ1) is 72.9. The van der Waals surface area contributed by atoms with Crippen molar-refractivity contribution in [2.45, 2.75) is 81.2 Å². The van der Waals surface area contributed by atoms with Crippen LogP contribution in [-0.4, -0.2) is 168 Å². The van der Waals surface area contributed by atoms with Gasteiger partial charge in [-0.1, -0.05) is 34.4 Å². The molecule has 4 aromatic carbocycles. The SMILES string of the molecule is CCN(CC)c1cc(Nc2nc(Nc3cc(N(CC)CC)c(OC)cc3/N=N/c3nc(N4CCCCC4)c(/C=C(\C#N)N4C(=O)c5ccc(S(=O)(=O)O)cc5C4=O)s3)nc(SCCO)n2)c(/N=N/c2nc(N3CCCCC3)c(/C=C(\C#N)N3C(=O)c4ccc(S(=O)(=O)O)cc4C3=O)s2)cc1OC. The molecule has 11 rings (SSSR count). The van der Waals surface area contributed by atoms with E-state index in [9.17, 15) is 60.7 Å². The van der Waals surface area contributed by atoms with E-state index in [2.05, 4.69) is 30.7 Å². The molecular weight excluding hydrogens is 1420 g/mol. The van der Waals surface area contributed by atoms with Gasteiger partial charge in [-0.05, 0) is 127 Å². The number of azo groups is 2. The molecule has 0 unspecified atom stereocenters. The maximum Gasteiger partial charge on any atom is 0.294 e. The average Bonchev–Trinajstić information content (AvgIpc) is 1.60. The number of rotatable bonds is 27. The van der Waals surface area contributed by atoms with Crippen molar-refractivity contribution < 1.29 is 59.7 Å². The molecule has 0 saturated carbocycles. The van der Waals surface area contributed by atoms with Crippen molar-refractivity contribution in [2.24, 2.45) is 20.5 Å². The van der Waals surface area contributed by atoms with Gasteiger partial charge < -0.3 is 44.8 Å². The summed E-state index contributed by atoms with van der Waals surface area (Å²) in [5, 5.41) is 57.1. The minimum absolute atomic E-state index is 0.00980. The van der Waals surface area contributed by atoms with Crippen LogP contribution in [0.25, 0.3) is 12.2 Å². The van der Waals surface area contributed by atoms with Gasteiger partial charge in [0.15, 0.2) is 5.16 Å². The number of anilines is 8. The summed E-state index contributed by atoms with van der Waals surface area (Å²) in [5.41, 5.74) is 0.749. The number of hydrogen-bond acceptors (Lipinski definition) is 31. The highest BCUT2D eigenvalue weighted by Crippen LogP contribution is 2.46. The molecule has 32 nitrogen and oxygen atoms in total. The second-order valence-electron chi connectivity index (χ2n) is 22.9. The molecule has 4 aliphatic rings. The first-order valence-electron chi connectivity index (χ1n) is 32.1. The number of nitrogens with one attached hydrogen (secondary N) is 2. The highest BCUT2D eigenvalue weighted by atomic mass is 32.2. The molecule has 0 radical (unpaired) electrons. The van der Waals surface area contributed by atoms with Crippen LogP contribution in [0.5, 0.6) is 11.5 Å². The molecule has 2 saturated heterocycles. The predicted molar refractivity (Wildman–Crippen MR) is 383 cm³/mol. The second-order valence-corrected chi connectivity index (χ2v) is 28.8. The van der Waals surface area contributed by atoms with E-state index in [0.29, 0.717) is 118 Å². The number of nitriles is 2. The van der Waals surface area contributed by atoms with Crippen LogP contribution in [0.4, 0.5) is 67.9 Å². The van der Waals surface area contributed by atoms with Crippen molar-refractivity contribution in [2.75, 3.05) is 109 Å². The van der Waals surface area contributed by atoms with Crippen LogP contribution in [0.1, 0.15) is 117 Å². The number of benzene rings is 4. The van der Waals surface area contributed by atoms with Crippen LogP contribution in [0.3, 0.4) is 0 Å². The largest absolute Gasteiger partial charge is 0.494 e. The van der Waals surface area contributed by atoms with Crippen LogP contribution >= 0.6 is 34.4 Å². The van der Waals surface area contributed by atoms with Crippen LogP contribution < -0.4 is 39.7 Å². The van der Waals surface area contributed by atoms with Crippen LogP contribution in [0.15, 0.2) is 107 Å². The highest BCUT2D eigenvalue weighted by Gasteiger charge is 2.41. The van der Waals surface area contributed by atoms with Crippen molar-refractivity contribution >= 4 is 158 Å². The van der Waals surface area contributed by atoms with Gasteiger partial charge in [0.2, 0.25) is 22.2 Å². The van der Waals surface area contributed by atoms with Gasteiger partial charge in [0, 0.05) is 70.2 Å². The monoisotopic (exact) mass is 1480 g/mol. The highest BCUT2D eigenvalue weighted by molar-refractivity contribution is 7.99. The van der Waals surface area contributed by atoms with Crippen molar-refractivity contribution in [3.8, 4) is 23.6 Å². The fourth-order valence-electron chi connectivity index (χ4n) is 11.8. The molecular formula is C65H67N19O13S5. The van der Waals surface area contributed by atoms with E-state index < -0.39 is 53.7 Å². The van der Waals surface area contributed by atoms with Gasteiger partial charge >= 0.3 is 0 Å². The maximum atomic E-state index is 13.8. The molecule has 7 aromatic rings. The minimum atomic E-state index is -4.75. The molecule has 5 N–H and O–H groups in total. The Morgan fingerprint density at radius 1 is 0.578 bits per heavy atom. The first-order chi connectivity index (χ1) is 49.0. The summed E-state index contributed by atoms with van der Waals surface area (Å²) in [6.07, 6.45) is 7.94. The molecule has 102 heavy (non-hydrogen) atoms. The lowest BCUT2D eigenvalue weighted by Gasteiger charge is -2.27. The molecule has 0 spiro atoms. The summed E-state index contributed by atoms with van der Waals surface area (Å²) in [5.74, 6) is -1.77. The number of amides is 4. The summed E-state index contributed by atoms with van der Waals surface area (Å²) in [4.78, 5) is 88.3. The summed E-state index contributed by atoms with van der Waals surface area (Å²) >= 11 is 3.20. The van der Waals surface area contributed by atoms with Gasteiger partial charge in [-0.2, -0.15) is 52.3 Å². The molecule has 4 amide bonds. The fourth-order valence-corrected chi connectivity index (χ4v) is 15.1. The van der Waals surface area contributed by atoms with Gasteiger partial charge in [-0.3, -0.25) is 28.3 Å². The van der Waals surface area contributed by atoms with E-state index >= 15 is 0 Å². The van der Waals surface area contributed by atoms with Crippen molar-refractivity contribution in [1.82, 2.24) is 34.7 Å². The Morgan fingerprint density at radius 2 is 0.971 bits per heavy atom. The molecule has 530 valence electrons. The van der Waals surface area contributed by atoms with E-state index in [-0.39, 0.29) is 84.7 Å². The number of nitrogens with zero attached hydrogens (tertiary/aromatic N) is 17. The Labute approximate surface area is 598 Å². The molecule has 0 atom stereocenters. The zero-order valence-corrected chi connectivity index (χ0v) is 59.9. The van der Waals surface area contributed by atoms with E-state index in [0.717, 1.165) is 109 Å². The topological polar surface area (TPSA) is 421 Å². The number of aromatic nitrogens is 5. The number of ether oxygens (including phenoxy) is 2. The lowest BCUT2D eigenvalue weighted by molar-refractivity contribution is 0.0696. The lowest BCUT2D eigenvalue weighted by atomic mass is 10.1. The molecule has 7 heterocycles. The molecule has 0 aliphatic carbocycles. The number of aliphatic hydroxyl groups is 1. The standard InChI is InChI=1S/C65H67N19O13S5/c1-7-79(8-2)49-31-45(47(33-51(49)96-5)75-77-64-70-55(81-21-13-11-14-22-81)53(99-64)27-37(35-66)83-57(86)41-19-17-39(101(90,91)92)29-43(41)59(83)88)68-61-72-62(74-63(73-61)98-26-25-85)69-46-32-50(80(9-3)10-4)52(97-6)34-48(46)76-78-65-71-56(82-23-15-12-16-24-82)54(100-65)28-38(36-67)84-58(87)42-20-18-40(102(93,94)95)30-44(42)60(84)89/h17-20,27-34,85H,7-16,21-26H2,1-6H3,(H,90,91,92)(H,93,94,95)(H2,68,69,72,73,74)/b37-27+,38-28+,77-75+,78-76+. The fraction of sp³-hybridized carbons (Fsp3) is 0.338. The number of methoxy groups -OCH3 is 2. The molecule has 4 aliphatic heterocycles. The summed E-state index contributed by atoms with van der Waals surface area (Å²) in [6.45, 7) is 12.4. The maximum absolute atomic E-state index is 13.8. The number of thiazole rings is 2.